The molecule has 13 heteroatoms. The molecule has 2 heterocycles. The highest BCUT2D eigenvalue weighted by Gasteiger charge is 2.42. The number of hydrogen-bond acceptors (Lipinski definition) is 8. The fourth-order valence-electron chi connectivity index (χ4n) is 5.35. The van der Waals surface area contributed by atoms with Gasteiger partial charge in [0.05, 0.1) is 32.3 Å². The Hall–Kier alpha value is -3.68. The molecule has 0 bridgehead atoms. The number of benzene rings is 1. The van der Waals surface area contributed by atoms with Crippen LogP contribution in [0.3, 0.4) is 0 Å². The molecule has 3 rings (SSSR count). The van der Waals surface area contributed by atoms with Gasteiger partial charge < -0.3 is 31.1 Å². The third kappa shape index (κ3) is 9.93. The number of nitrogens with two attached hydrogens (primary N) is 1. The highest BCUT2D eigenvalue weighted by atomic mass is 19.1. The van der Waals surface area contributed by atoms with E-state index in [1.54, 1.807) is 0 Å². The van der Waals surface area contributed by atoms with E-state index in [4.69, 9.17) is 10.5 Å². The molecule has 12 nitrogen and oxygen atoms in total. The van der Waals surface area contributed by atoms with Crippen LogP contribution in [-0.2, 0) is 30.5 Å². The molecule has 1 saturated heterocycles. The highest BCUT2D eigenvalue weighted by Crippen LogP contribution is 2.32. The molecule has 242 valence electrons. The molecule has 1 aromatic rings. The number of aliphatic imine (C=N–C) groups is 1. The number of alkyl halides is 1. The van der Waals surface area contributed by atoms with Crippen LogP contribution in [0, 0.1) is 11.3 Å². The number of imide groups is 1. The number of amides is 4. The number of ether oxygens (including phenoxy) is 1. The van der Waals surface area contributed by atoms with E-state index in [0.29, 0.717) is 13.0 Å². The third-order valence-electron chi connectivity index (χ3n) is 7.87. The lowest BCUT2D eigenvalue weighted by Crippen LogP contribution is -2.59. The van der Waals surface area contributed by atoms with Crippen molar-refractivity contribution >= 4 is 29.5 Å². The number of hydrogen-bond donors (Lipinski definition) is 4. The number of rotatable bonds is 17. The van der Waals surface area contributed by atoms with Crippen molar-refractivity contribution in [2.75, 3.05) is 45.9 Å². The predicted octanol–water partition coefficient (Wildman–Crippen LogP) is 0.544. The molecular weight excluding hydrogens is 571 g/mol. The molecule has 0 spiro atoms. The Bertz CT molecular complexity index is 1190. The summed E-state index contributed by atoms with van der Waals surface area (Å²) >= 11 is 0. The Morgan fingerprint density at radius 1 is 1.20 bits per heavy atom. The number of aliphatic hydroxyl groups excluding tert-OH is 1. The van der Waals surface area contributed by atoms with E-state index in [1.165, 1.54) is 24.0 Å². The monoisotopic (exact) mass is 616 g/mol. The summed E-state index contributed by atoms with van der Waals surface area (Å²) in [6, 6.07) is 8.71. The van der Waals surface area contributed by atoms with Crippen molar-refractivity contribution < 1.29 is 33.4 Å². The first-order chi connectivity index (χ1) is 20.9. The van der Waals surface area contributed by atoms with Gasteiger partial charge in [0.25, 0.3) is 17.7 Å². The maximum Gasteiger partial charge on any atom is 0.253 e. The average molecular weight is 617 g/mol. The summed E-state index contributed by atoms with van der Waals surface area (Å²) in [5.74, 6) is -1.90. The van der Waals surface area contributed by atoms with Crippen LogP contribution in [0.4, 0.5) is 4.39 Å². The summed E-state index contributed by atoms with van der Waals surface area (Å²) in [7, 11) is 0. The van der Waals surface area contributed by atoms with Crippen LogP contribution in [0.15, 0.2) is 47.5 Å². The maximum absolute atomic E-state index is 14.7. The molecule has 4 unspecified atom stereocenters. The second-order valence-corrected chi connectivity index (χ2v) is 11.8. The minimum absolute atomic E-state index is 0.0436. The largest absolute Gasteiger partial charge is 0.386 e. The summed E-state index contributed by atoms with van der Waals surface area (Å²) in [5, 5.41) is 16.2. The van der Waals surface area contributed by atoms with Crippen LogP contribution >= 0.6 is 0 Å². The van der Waals surface area contributed by atoms with E-state index in [-0.39, 0.29) is 75.9 Å². The molecule has 2 aliphatic heterocycles. The molecule has 5 N–H and O–H groups in total. The lowest BCUT2D eigenvalue weighted by atomic mass is 9.78. The van der Waals surface area contributed by atoms with Gasteiger partial charge >= 0.3 is 0 Å². The summed E-state index contributed by atoms with van der Waals surface area (Å²) in [5.41, 5.74) is 6.79. The minimum atomic E-state index is -1.33. The smallest absolute Gasteiger partial charge is 0.253 e. The van der Waals surface area contributed by atoms with Crippen molar-refractivity contribution in [3.05, 3.63) is 48.0 Å². The number of carbonyl (C=O) groups is 4. The van der Waals surface area contributed by atoms with Crippen LogP contribution in [0.5, 0.6) is 0 Å². The molecule has 2 aliphatic rings. The average Bonchev–Trinajstić information content (AvgIpc) is 3.54. The molecule has 4 amide bonds. The molecule has 0 aromatic heterocycles. The molecule has 1 fully saturated rings. The van der Waals surface area contributed by atoms with Crippen molar-refractivity contribution in [3.63, 3.8) is 0 Å². The van der Waals surface area contributed by atoms with Gasteiger partial charge in [-0.2, -0.15) is 0 Å². The van der Waals surface area contributed by atoms with Crippen LogP contribution in [0.1, 0.15) is 39.2 Å². The summed E-state index contributed by atoms with van der Waals surface area (Å²) < 4.78 is 20.1. The first-order valence-electron chi connectivity index (χ1n) is 15.0. The Morgan fingerprint density at radius 2 is 1.89 bits per heavy atom. The lowest BCUT2D eigenvalue weighted by molar-refractivity contribution is -0.143. The number of halogens is 1. The van der Waals surface area contributed by atoms with Crippen molar-refractivity contribution in [1.82, 2.24) is 20.4 Å². The summed E-state index contributed by atoms with van der Waals surface area (Å²) in [6.07, 6.45) is 0.384. The zero-order valence-corrected chi connectivity index (χ0v) is 25.7. The van der Waals surface area contributed by atoms with Gasteiger partial charge in [-0.1, -0.05) is 44.2 Å². The van der Waals surface area contributed by atoms with E-state index < -0.39 is 35.6 Å². The van der Waals surface area contributed by atoms with Crippen molar-refractivity contribution in [2.24, 2.45) is 22.1 Å². The number of nitrogens with one attached hydrogen (secondary N) is 2. The van der Waals surface area contributed by atoms with E-state index in [0.717, 1.165) is 10.5 Å². The first-order valence-corrected chi connectivity index (χ1v) is 15.0. The number of nitrogens with zero attached hydrogens (tertiary/aromatic N) is 3. The SMILES string of the molecule is CC(O)C(=O)N(CC1CNCC1F)C(C(N)=NCc1ccccc1)C(C)(C)CCNC(=O)CCOCCN1C(=O)C=CC1=O. The normalized spacial score (nSPS) is 20.2. The van der Waals surface area contributed by atoms with Crippen molar-refractivity contribution in [1.29, 1.82) is 0 Å². The van der Waals surface area contributed by atoms with E-state index in [1.807, 2.05) is 44.2 Å². The Morgan fingerprint density at radius 3 is 2.50 bits per heavy atom. The third-order valence-corrected chi connectivity index (χ3v) is 7.87. The quantitative estimate of drug-likeness (QED) is 0.0852. The maximum atomic E-state index is 14.7. The van der Waals surface area contributed by atoms with Crippen molar-refractivity contribution in [2.45, 2.75) is 58.5 Å². The van der Waals surface area contributed by atoms with Gasteiger partial charge in [-0.15, -0.1) is 0 Å². The van der Waals surface area contributed by atoms with E-state index in [2.05, 4.69) is 15.6 Å². The van der Waals surface area contributed by atoms with Crippen LogP contribution in [-0.4, -0.2) is 109 Å². The molecule has 1 aromatic carbocycles. The number of carbonyl (C=O) groups excluding carboxylic acids is 4. The fraction of sp³-hybridized carbons (Fsp3) is 0.581. The molecule has 4 atom stereocenters. The van der Waals surface area contributed by atoms with Gasteiger partial charge in [0.2, 0.25) is 5.91 Å². The van der Waals surface area contributed by atoms with Gasteiger partial charge in [-0.3, -0.25) is 29.1 Å². The van der Waals surface area contributed by atoms with Crippen LogP contribution in [0.25, 0.3) is 0 Å². The second kappa shape index (κ2) is 16.4. The topological polar surface area (TPSA) is 167 Å². The fourth-order valence-corrected chi connectivity index (χ4v) is 5.35. The Balaban J connectivity index is 1.64. The molecule has 0 saturated carbocycles. The summed E-state index contributed by atoms with van der Waals surface area (Å²) in [6.45, 7) is 6.65. The zero-order chi connectivity index (χ0) is 32.3. The Kier molecular flexibility index (Phi) is 13.0. The van der Waals surface area contributed by atoms with E-state index >= 15 is 0 Å². The second-order valence-electron chi connectivity index (χ2n) is 11.8. The lowest BCUT2D eigenvalue weighted by Gasteiger charge is -2.43. The minimum Gasteiger partial charge on any atom is -0.386 e. The molecule has 0 aliphatic carbocycles. The van der Waals surface area contributed by atoms with E-state index in [9.17, 15) is 28.7 Å². The van der Waals surface area contributed by atoms with Gasteiger partial charge in [0.15, 0.2) is 0 Å². The Labute approximate surface area is 257 Å². The van der Waals surface area contributed by atoms with Crippen molar-refractivity contribution in [3.8, 4) is 0 Å². The highest BCUT2D eigenvalue weighted by molar-refractivity contribution is 6.12. The zero-order valence-electron chi connectivity index (χ0n) is 25.7. The predicted molar refractivity (Wildman–Crippen MR) is 163 cm³/mol. The standard InChI is InChI=1S/C31H45FN6O6/c1-21(39)30(43)38(20-23-18-34-19-24(23)32)28(29(33)36-17-22-7-5-4-6-8-22)31(2,3)12-13-35-25(40)11-15-44-16-14-37-26(41)9-10-27(37)42/h4-10,21,23-24,28,34,39H,11-20H2,1-3H3,(H2,33,36)(H,35,40). The van der Waals surface area contributed by atoms with Crippen LogP contribution in [0.2, 0.25) is 0 Å². The van der Waals surface area contributed by atoms with Gasteiger partial charge in [0.1, 0.15) is 18.1 Å². The van der Waals surface area contributed by atoms with Gasteiger partial charge in [0, 0.05) is 50.7 Å². The van der Waals surface area contributed by atoms with Crippen LogP contribution < -0.4 is 16.4 Å². The molecule has 44 heavy (non-hydrogen) atoms. The molecular formula is C31H45FN6O6. The first kappa shape index (κ1) is 34.8. The van der Waals surface area contributed by atoms with Gasteiger partial charge in [-0.25, -0.2) is 4.39 Å². The van der Waals surface area contributed by atoms with Gasteiger partial charge in [-0.05, 0) is 24.3 Å². The molecule has 0 radical (unpaired) electrons. The number of aliphatic hydroxyl groups is 1. The number of amidine groups is 1. The summed E-state index contributed by atoms with van der Waals surface area (Å²) in [4.78, 5) is 56.2.